The number of nitrogens with two attached hydrogens (primary N) is 1. The summed E-state index contributed by atoms with van der Waals surface area (Å²) in [7, 11) is 0. The van der Waals surface area contributed by atoms with Gasteiger partial charge in [-0.25, -0.2) is 9.97 Å². The lowest BCUT2D eigenvalue weighted by molar-refractivity contribution is 0.436. The van der Waals surface area contributed by atoms with E-state index in [1.165, 1.54) is 12.8 Å². The van der Waals surface area contributed by atoms with Gasteiger partial charge in [0.25, 0.3) is 0 Å². The molecule has 0 atom stereocenters. The molecular weight excluding hydrogens is 188 g/mol. The molecule has 1 aliphatic heterocycles. The number of aromatic nitrogens is 2. The summed E-state index contributed by atoms with van der Waals surface area (Å²) >= 11 is 0. The van der Waals surface area contributed by atoms with Crippen molar-refractivity contribution in [2.24, 2.45) is 5.92 Å². The normalized spacial score (nSPS) is 18.1. The van der Waals surface area contributed by atoms with E-state index in [-0.39, 0.29) is 0 Å². The zero-order chi connectivity index (χ0) is 10.8. The van der Waals surface area contributed by atoms with E-state index in [4.69, 9.17) is 5.73 Å². The Morgan fingerprint density at radius 1 is 1.33 bits per heavy atom. The molecule has 0 spiro atoms. The van der Waals surface area contributed by atoms with E-state index < -0.39 is 0 Å². The Labute approximate surface area is 90.5 Å². The van der Waals surface area contributed by atoms with Gasteiger partial charge in [-0.15, -0.1) is 0 Å². The molecule has 2 rings (SSSR count). The minimum Gasteiger partial charge on any atom is -0.383 e. The van der Waals surface area contributed by atoms with E-state index in [0.29, 0.717) is 5.82 Å². The van der Waals surface area contributed by atoms with E-state index in [1.54, 1.807) is 6.33 Å². The lowest BCUT2D eigenvalue weighted by atomic mass is 9.99. The molecule has 0 bridgehead atoms. The number of hydrogen-bond donors (Lipinski definition) is 1. The van der Waals surface area contributed by atoms with Crippen LogP contribution >= 0.6 is 0 Å². The summed E-state index contributed by atoms with van der Waals surface area (Å²) in [5.41, 5.74) is 6.78. The highest BCUT2D eigenvalue weighted by atomic mass is 15.2. The van der Waals surface area contributed by atoms with Crippen molar-refractivity contribution in [3.8, 4) is 0 Å². The summed E-state index contributed by atoms with van der Waals surface area (Å²) in [5.74, 6) is 2.44. The summed E-state index contributed by atoms with van der Waals surface area (Å²) in [5, 5.41) is 0. The van der Waals surface area contributed by atoms with Crippen LogP contribution in [0.4, 0.5) is 11.6 Å². The third-order valence-electron chi connectivity index (χ3n) is 3.18. The predicted octanol–water partition coefficient (Wildman–Crippen LogP) is 1.60. The zero-order valence-corrected chi connectivity index (χ0v) is 9.40. The SMILES string of the molecule is Cc1c(N)ncnc1N1CCC(C)CC1. The first kappa shape index (κ1) is 10.2. The van der Waals surface area contributed by atoms with Crippen molar-refractivity contribution in [1.29, 1.82) is 0 Å². The average Bonchev–Trinajstić information content (AvgIpc) is 2.24. The molecule has 1 aliphatic rings. The highest BCUT2D eigenvalue weighted by molar-refractivity contribution is 5.55. The number of nitrogens with zero attached hydrogens (tertiary/aromatic N) is 3. The van der Waals surface area contributed by atoms with Gasteiger partial charge >= 0.3 is 0 Å². The van der Waals surface area contributed by atoms with Crippen molar-refractivity contribution in [1.82, 2.24) is 9.97 Å². The fourth-order valence-electron chi connectivity index (χ4n) is 1.99. The molecule has 1 aromatic rings. The summed E-state index contributed by atoms with van der Waals surface area (Å²) < 4.78 is 0. The Kier molecular flexibility index (Phi) is 2.75. The van der Waals surface area contributed by atoms with Gasteiger partial charge in [0, 0.05) is 18.7 Å². The second-order valence-corrected chi connectivity index (χ2v) is 4.38. The quantitative estimate of drug-likeness (QED) is 0.758. The van der Waals surface area contributed by atoms with E-state index >= 15 is 0 Å². The van der Waals surface area contributed by atoms with Gasteiger partial charge in [-0.3, -0.25) is 0 Å². The smallest absolute Gasteiger partial charge is 0.137 e. The molecule has 2 N–H and O–H groups in total. The van der Waals surface area contributed by atoms with Crippen molar-refractivity contribution in [3.63, 3.8) is 0 Å². The topological polar surface area (TPSA) is 55.0 Å². The maximum atomic E-state index is 5.78. The maximum absolute atomic E-state index is 5.78. The molecule has 0 unspecified atom stereocenters. The molecule has 0 saturated carbocycles. The van der Waals surface area contributed by atoms with Crippen LogP contribution in [-0.2, 0) is 0 Å². The predicted molar refractivity (Wildman–Crippen MR) is 61.8 cm³/mol. The Bertz CT molecular complexity index is 342. The van der Waals surface area contributed by atoms with Crippen LogP contribution in [0.15, 0.2) is 6.33 Å². The molecule has 0 amide bonds. The maximum Gasteiger partial charge on any atom is 0.137 e. The lowest BCUT2D eigenvalue weighted by Gasteiger charge is -2.32. The fraction of sp³-hybridized carbons (Fsp3) is 0.636. The van der Waals surface area contributed by atoms with Crippen LogP contribution in [0.1, 0.15) is 25.3 Å². The monoisotopic (exact) mass is 206 g/mol. The number of anilines is 2. The molecule has 15 heavy (non-hydrogen) atoms. The molecule has 1 aromatic heterocycles. The van der Waals surface area contributed by atoms with Crippen molar-refractivity contribution in [2.45, 2.75) is 26.7 Å². The highest BCUT2D eigenvalue weighted by Gasteiger charge is 2.19. The van der Waals surface area contributed by atoms with E-state index in [1.807, 2.05) is 6.92 Å². The second-order valence-electron chi connectivity index (χ2n) is 4.38. The summed E-state index contributed by atoms with van der Waals surface area (Å²) in [6.07, 6.45) is 4.03. The van der Waals surface area contributed by atoms with Crippen molar-refractivity contribution in [2.75, 3.05) is 23.7 Å². The van der Waals surface area contributed by atoms with Crippen LogP contribution in [0.5, 0.6) is 0 Å². The van der Waals surface area contributed by atoms with Gasteiger partial charge < -0.3 is 10.6 Å². The van der Waals surface area contributed by atoms with Crippen molar-refractivity contribution >= 4 is 11.6 Å². The van der Waals surface area contributed by atoms with Gasteiger partial charge in [0.2, 0.25) is 0 Å². The molecule has 82 valence electrons. The lowest BCUT2D eigenvalue weighted by Crippen LogP contribution is -2.34. The van der Waals surface area contributed by atoms with Gasteiger partial charge in [0.15, 0.2) is 0 Å². The zero-order valence-electron chi connectivity index (χ0n) is 9.40. The first-order chi connectivity index (χ1) is 7.18. The molecule has 1 saturated heterocycles. The molecule has 0 aliphatic carbocycles. The third kappa shape index (κ3) is 2.03. The summed E-state index contributed by atoms with van der Waals surface area (Å²) in [6, 6.07) is 0. The fourth-order valence-corrected chi connectivity index (χ4v) is 1.99. The van der Waals surface area contributed by atoms with Crippen LogP contribution in [0.3, 0.4) is 0 Å². The van der Waals surface area contributed by atoms with Gasteiger partial charge in [-0.1, -0.05) is 6.92 Å². The highest BCUT2D eigenvalue weighted by Crippen LogP contribution is 2.25. The molecule has 0 aromatic carbocycles. The van der Waals surface area contributed by atoms with Gasteiger partial charge in [0.05, 0.1) is 0 Å². The average molecular weight is 206 g/mol. The minimum absolute atomic E-state index is 0.596. The Morgan fingerprint density at radius 3 is 2.67 bits per heavy atom. The van der Waals surface area contributed by atoms with E-state index in [2.05, 4.69) is 21.8 Å². The molecule has 0 radical (unpaired) electrons. The number of nitrogen functional groups attached to an aromatic ring is 1. The third-order valence-corrected chi connectivity index (χ3v) is 3.18. The molecule has 2 heterocycles. The standard InChI is InChI=1S/C11H18N4/c1-8-3-5-15(6-4-8)11-9(2)10(12)13-7-14-11/h7-8H,3-6H2,1-2H3,(H2,12,13,14). The Balaban J connectivity index is 2.19. The number of piperidine rings is 1. The van der Waals surface area contributed by atoms with Crippen LogP contribution < -0.4 is 10.6 Å². The molecule has 4 nitrogen and oxygen atoms in total. The minimum atomic E-state index is 0.596. The first-order valence-corrected chi connectivity index (χ1v) is 5.50. The van der Waals surface area contributed by atoms with Crippen LogP contribution in [0.25, 0.3) is 0 Å². The van der Waals surface area contributed by atoms with Gasteiger partial charge in [0.1, 0.15) is 18.0 Å². The van der Waals surface area contributed by atoms with Crippen LogP contribution in [0, 0.1) is 12.8 Å². The molecule has 4 heteroatoms. The largest absolute Gasteiger partial charge is 0.383 e. The summed E-state index contributed by atoms with van der Waals surface area (Å²) in [6.45, 7) is 6.46. The second kappa shape index (κ2) is 4.04. The number of rotatable bonds is 1. The van der Waals surface area contributed by atoms with Gasteiger partial charge in [-0.2, -0.15) is 0 Å². The molecular formula is C11H18N4. The first-order valence-electron chi connectivity index (χ1n) is 5.50. The molecule has 1 fully saturated rings. The number of hydrogen-bond acceptors (Lipinski definition) is 4. The van der Waals surface area contributed by atoms with E-state index in [9.17, 15) is 0 Å². The Hall–Kier alpha value is -1.32. The summed E-state index contributed by atoms with van der Waals surface area (Å²) in [4.78, 5) is 10.6. The van der Waals surface area contributed by atoms with Gasteiger partial charge in [-0.05, 0) is 25.7 Å². The van der Waals surface area contributed by atoms with Crippen LogP contribution in [0.2, 0.25) is 0 Å². The van der Waals surface area contributed by atoms with Crippen molar-refractivity contribution in [3.05, 3.63) is 11.9 Å². The van der Waals surface area contributed by atoms with Crippen LogP contribution in [-0.4, -0.2) is 23.1 Å². The van der Waals surface area contributed by atoms with Crippen molar-refractivity contribution < 1.29 is 0 Å². The Morgan fingerprint density at radius 2 is 2.00 bits per heavy atom. The van der Waals surface area contributed by atoms with E-state index in [0.717, 1.165) is 30.4 Å².